The molecule has 9 nitrogen and oxygen atoms in total. The Labute approximate surface area is 160 Å². The average molecular weight is 388 g/mol. The van der Waals surface area contributed by atoms with Gasteiger partial charge >= 0.3 is 5.97 Å². The number of ether oxygens (including phenoxy) is 1. The monoisotopic (exact) mass is 387 g/mol. The lowest BCUT2D eigenvalue weighted by atomic mass is 10.2. The molecule has 140 valence electrons. The molecule has 0 aliphatic rings. The molecular formula is C17H18ClN7O2. The fourth-order valence-corrected chi connectivity index (χ4v) is 2.62. The number of halogens is 1. The van der Waals surface area contributed by atoms with Crippen LogP contribution >= 0.6 is 11.6 Å². The molecule has 0 aliphatic carbocycles. The smallest absolute Gasteiger partial charge is 0.342 e. The predicted molar refractivity (Wildman–Crippen MR) is 101 cm³/mol. The second-order valence-electron chi connectivity index (χ2n) is 5.81. The number of esters is 1. The number of nitrogens with one attached hydrogen (secondary N) is 1. The van der Waals surface area contributed by atoms with Gasteiger partial charge in [0.15, 0.2) is 12.4 Å². The van der Waals surface area contributed by atoms with Crippen LogP contribution in [0.1, 0.15) is 27.6 Å². The van der Waals surface area contributed by atoms with Gasteiger partial charge in [-0.25, -0.2) is 4.79 Å². The lowest BCUT2D eigenvalue weighted by Crippen LogP contribution is -2.12. The minimum Gasteiger partial charge on any atom is -0.454 e. The van der Waals surface area contributed by atoms with Crippen molar-refractivity contribution in [2.24, 2.45) is 7.05 Å². The van der Waals surface area contributed by atoms with Gasteiger partial charge < -0.3 is 15.8 Å². The van der Waals surface area contributed by atoms with Crippen LogP contribution in [0.5, 0.6) is 0 Å². The summed E-state index contributed by atoms with van der Waals surface area (Å²) < 4.78 is 6.95. The van der Waals surface area contributed by atoms with Gasteiger partial charge in [-0.15, -0.1) is 0 Å². The Morgan fingerprint density at radius 2 is 1.93 bits per heavy atom. The van der Waals surface area contributed by atoms with Crippen molar-refractivity contribution in [1.82, 2.24) is 24.7 Å². The molecule has 27 heavy (non-hydrogen) atoms. The Morgan fingerprint density at radius 3 is 2.56 bits per heavy atom. The van der Waals surface area contributed by atoms with Gasteiger partial charge in [0.05, 0.1) is 5.69 Å². The molecule has 0 unspecified atom stereocenters. The van der Waals surface area contributed by atoms with E-state index in [9.17, 15) is 4.79 Å². The molecule has 3 rings (SSSR count). The fourth-order valence-electron chi connectivity index (χ4n) is 2.49. The minimum atomic E-state index is -0.496. The maximum absolute atomic E-state index is 12.4. The molecule has 0 aliphatic heterocycles. The van der Waals surface area contributed by atoms with Crippen molar-refractivity contribution in [3.8, 4) is 0 Å². The van der Waals surface area contributed by atoms with Gasteiger partial charge in [-0.1, -0.05) is 11.6 Å². The molecule has 3 aromatic rings. The Morgan fingerprint density at radius 1 is 1.22 bits per heavy atom. The van der Waals surface area contributed by atoms with Crippen LogP contribution in [0.2, 0.25) is 5.02 Å². The van der Waals surface area contributed by atoms with E-state index in [-0.39, 0.29) is 24.3 Å². The topological polar surface area (TPSA) is 121 Å². The summed E-state index contributed by atoms with van der Waals surface area (Å²) in [7, 11) is 1.76. The zero-order chi connectivity index (χ0) is 19.6. The van der Waals surface area contributed by atoms with E-state index in [0.717, 1.165) is 11.4 Å². The highest BCUT2D eigenvalue weighted by molar-refractivity contribution is 6.30. The summed E-state index contributed by atoms with van der Waals surface area (Å²) in [5, 5.41) is 7.82. The Bertz CT molecular complexity index is 986. The molecule has 0 spiro atoms. The molecule has 1 aromatic carbocycles. The van der Waals surface area contributed by atoms with Crippen molar-refractivity contribution in [3.05, 3.63) is 52.1 Å². The summed E-state index contributed by atoms with van der Waals surface area (Å²) in [5.41, 5.74) is 8.21. The number of hydrogen-bond acceptors (Lipinski definition) is 8. The van der Waals surface area contributed by atoms with Crippen LogP contribution in [0.4, 0.5) is 17.6 Å². The van der Waals surface area contributed by atoms with Crippen LogP contribution in [-0.2, 0) is 18.4 Å². The van der Waals surface area contributed by atoms with E-state index in [4.69, 9.17) is 22.1 Å². The lowest BCUT2D eigenvalue weighted by Gasteiger charge is -2.08. The lowest BCUT2D eigenvalue weighted by molar-refractivity contribution is 0.0460. The van der Waals surface area contributed by atoms with E-state index >= 15 is 0 Å². The van der Waals surface area contributed by atoms with Crippen LogP contribution in [-0.4, -0.2) is 30.7 Å². The van der Waals surface area contributed by atoms with E-state index < -0.39 is 5.97 Å². The van der Waals surface area contributed by atoms with Gasteiger partial charge in [0.2, 0.25) is 11.9 Å². The number of hydrogen-bond donors (Lipinski definition) is 2. The second-order valence-corrected chi connectivity index (χ2v) is 6.25. The van der Waals surface area contributed by atoms with Crippen molar-refractivity contribution in [2.75, 3.05) is 11.1 Å². The van der Waals surface area contributed by atoms with E-state index in [1.807, 2.05) is 0 Å². The number of nitrogen functional groups attached to an aromatic ring is 1. The summed E-state index contributed by atoms with van der Waals surface area (Å²) in [6, 6.07) is 7.01. The third kappa shape index (κ3) is 4.32. The van der Waals surface area contributed by atoms with Crippen molar-refractivity contribution in [2.45, 2.75) is 20.5 Å². The van der Waals surface area contributed by atoms with E-state index in [1.165, 1.54) is 0 Å². The van der Waals surface area contributed by atoms with Gasteiger partial charge in [0.1, 0.15) is 5.56 Å². The van der Waals surface area contributed by atoms with Crippen LogP contribution in [0.3, 0.4) is 0 Å². The van der Waals surface area contributed by atoms with Gasteiger partial charge in [-0.2, -0.15) is 20.1 Å². The van der Waals surface area contributed by atoms with Gasteiger partial charge in [0, 0.05) is 23.5 Å². The molecule has 2 heterocycles. The molecule has 3 N–H and O–H groups in total. The summed E-state index contributed by atoms with van der Waals surface area (Å²) in [4.78, 5) is 24.6. The van der Waals surface area contributed by atoms with Gasteiger partial charge in [-0.3, -0.25) is 4.68 Å². The Balaban J connectivity index is 1.72. The SMILES string of the molecule is Cc1nn(C)c(C)c1C(=O)OCc1nc(N)nc(Nc2ccc(Cl)cc2)n1. The molecule has 0 fully saturated rings. The highest BCUT2D eigenvalue weighted by Gasteiger charge is 2.19. The first kappa shape index (κ1) is 18.6. The molecule has 0 atom stereocenters. The van der Waals surface area contributed by atoms with Crippen molar-refractivity contribution >= 4 is 35.2 Å². The number of rotatable bonds is 5. The highest BCUT2D eigenvalue weighted by atomic mass is 35.5. The number of nitrogens with two attached hydrogens (primary N) is 1. The molecular weight excluding hydrogens is 370 g/mol. The average Bonchev–Trinajstić information content (AvgIpc) is 2.87. The summed E-state index contributed by atoms with van der Waals surface area (Å²) in [5.74, 6) is -0.0123. The van der Waals surface area contributed by atoms with Crippen LogP contribution in [0.15, 0.2) is 24.3 Å². The predicted octanol–water partition coefficient (Wildman–Crippen LogP) is 2.56. The molecule has 0 saturated carbocycles. The number of carbonyl (C=O) groups is 1. The number of nitrogens with zero attached hydrogens (tertiary/aromatic N) is 5. The van der Waals surface area contributed by atoms with Gasteiger partial charge in [0.25, 0.3) is 0 Å². The summed E-state index contributed by atoms with van der Waals surface area (Å²) in [6.07, 6.45) is 0. The van der Waals surface area contributed by atoms with Crippen LogP contribution in [0.25, 0.3) is 0 Å². The van der Waals surface area contributed by atoms with Gasteiger partial charge in [-0.05, 0) is 38.1 Å². The first-order valence-electron chi connectivity index (χ1n) is 8.04. The molecule has 0 radical (unpaired) electrons. The van der Waals surface area contributed by atoms with Crippen molar-refractivity contribution in [3.63, 3.8) is 0 Å². The normalized spacial score (nSPS) is 10.7. The molecule has 0 saturated heterocycles. The number of carbonyl (C=O) groups excluding carboxylic acids is 1. The highest BCUT2D eigenvalue weighted by Crippen LogP contribution is 2.18. The largest absolute Gasteiger partial charge is 0.454 e. The molecule has 10 heteroatoms. The Kier molecular flexibility index (Phi) is 5.22. The summed E-state index contributed by atoms with van der Waals surface area (Å²) >= 11 is 5.87. The zero-order valence-corrected chi connectivity index (χ0v) is 15.8. The zero-order valence-electron chi connectivity index (χ0n) is 15.0. The Hall–Kier alpha value is -3.20. The maximum Gasteiger partial charge on any atom is 0.342 e. The van der Waals surface area contributed by atoms with Crippen molar-refractivity contribution < 1.29 is 9.53 Å². The third-order valence-corrected chi connectivity index (χ3v) is 4.10. The first-order chi connectivity index (χ1) is 12.8. The number of benzene rings is 1. The number of aromatic nitrogens is 5. The van der Waals surface area contributed by atoms with Crippen LogP contribution < -0.4 is 11.1 Å². The standard InChI is InChI=1S/C17H18ClN7O2/c1-9-14(10(2)25(3)24-9)15(26)27-8-13-21-16(19)23-17(22-13)20-12-6-4-11(18)5-7-12/h4-7H,8H2,1-3H3,(H3,19,20,21,22,23). The quantitative estimate of drug-likeness (QED) is 0.640. The third-order valence-electron chi connectivity index (χ3n) is 3.84. The number of aryl methyl sites for hydroxylation is 2. The minimum absolute atomic E-state index is 0.0150. The second kappa shape index (κ2) is 7.58. The fraction of sp³-hybridized carbons (Fsp3) is 0.235. The molecule has 0 amide bonds. The van der Waals surface area contributed by atoms with E-state index in [2.05, 4.69) is 25.4 Å². The first-order valence-corrected chi connectivity index (χ1v) is 8.41. The van der Waals surface area contributed by atoms with E-state index in [1.54, 1.807) is 49.8 Å². The van der Waals surface area contributed by atoms with E-state index in [0.29, 0.717) is 16.3 Å². The maximum atomic E-state index is 12.4. The summed E-state index contributed by atoms with van der Waals surface area (Å²) in [6.45, 7) is 3.40. The van der Waals surface area contributed by atoms with Crippen LogP contribution in [0, 0.1) is 13.8 Å². The number of anilines is 3. The molecule has 0 bridgehead atoms. The van der Waals surface area contributed by atoms with Crippen molar-refractivity contribution in [1.29, 1.82) is 0 Å². The molecule has 2 aromatic heterocycles.